The molecule has 0 radical (unpaired) electrons. The number of likely N-dealkylation sites (tertiary alicyclic amines) is 1. The third-order valence-electron chi connectivity index (χ3n) is 4.69. The lowest BCUT2D eigenvalue weighted by molar-refractivity contribution is -0.146. The van der Waals surface area contributed by atoms with Gasteiger partial charge in [-0.1, -0.05) is 24.3 Å². The van der Waals surface area contributed by atoms with Gasteiger partial charge < -0.3 is 20.4 Å². The number of benzene rings is 2. The van der Waals surface area contributed by atoms with E-state index in [4.69, 9.17) is 0 Å². The third kappa shape index (κ3) is 3.58. The number of piperidine rings is 1. The predicted octanol–water partition coefficient (Wildman–Crippen LogP) is 2.25. The summed E-state index contributed by atoms with van der Waals surface area (Å²) >= 11 is 0. The molecule has 0 spiro atoms. The monoisotopic (exact) mass is 342 g/mol. The minimum absolute atomic E-state index is 0.00132. The van der Waals surface area contributed by atoms with Gasteiger partial charge in [-0.05, 0) is 37.8 Å². The largest absolute Gasteiger partial charge is 0.507 e. The molecule has 132 valence electrons. The number of aromatic hydroxyl groups is 1. The number of amides is 2. The van der Waals surface area contributed by atoms with Crippen molar-refractivity contribution in [2.45, 2.75) is 31.7 Å². The molecule has 1 saturated heterocycles. The second-order valence-electron chi connectivity index (χ2n) is 6.29. The molecule has 6 nitrogen and oxygen atoms in total. The molecule has 1 heterocycles. The number of aliphatic hydroxyl groups is 1. The zero-order chi connectivity index (χ0) is 17.8. The van der Waals surface area contributed by atoms with Gasteiger partial charge in [0.25, 0.3) is 0 Å². The van der Waals surface area contributed by atoms with E-state index < -0.39 is 11.8 Å². The Kier molecular flexibility index (Phi) is 5.19. The van der Waals surface area contributed by atoms with Crippen LogP contribution < -0.4 is 5.32 Å². The van der Waals surface area contributed by atoms with Crippen molar-refractivity contribution in [3.05, 3.63) is 36.4 Å². The quantitative estimate of drug-likeness (QED) is 0.746. The Morgan fingerprint density at radius 3 is 2.68 bits per heavy atom. The molecule has 2 aromatic rings. The summed E-state index contributed by atoms with van der Waals surface area (Å²) < 4.78 is 0. The summed E-state index contributed by atoms with van der Waals surface area (Å²) in [6.45, 7) is 0.534. The molecule has 1 atom stereocenters. The minimum Gasteiger partial charge on any atom is -0.507 e. The van der Waals surface area contributed by atoms with E-state index in [1.54, 1.807) is 41.3 Å². The van der Waals surface area contributed by atoms with Crippen molar-refractivity contribution in [2.75, 3.05) is 18.5 Å². The summed E-state index contributed by atoms with van der Waals surface area (Å²) in [5.41, 5.74) is 0.488. The highest BCUT2D eigenvalue weighted by molar-refractivity contribution is 6.40. The van der Waals surface area contributed by atoms with Crippen molar-refractivity contribution in [2.24, 2.45) is 0 Å². The maximum absolute atomic E-state index is 12.6. The molecule has 25 heavy (non-hydrogen) atoms. The molecule has 0 aliphatic carbocycles. The standard InChI is InChI=1S/C19H22N2O4/c22-12-10-13-5-1-2-11-21(13)19(25)18(24)20-16-8-3-7-15-14(16)6-4-9-17(15)23/h3-4,6-9,13,22-23H,1-2,5,10-12H2,(H,20,24). The van der Waals surface area contributed by atoms with E-state index >= 15 is 0 Å². The Morgan fingerprint density at radius 1 is 1.12 bits per heavy atom. The van der Waals surface area contributed by atoms with Crippen molar-refractivity contribution in [1.29, 1.82) is 0 Å². The van der Waals surface area contributed by atoms with Crippen LogP contribution in [0.2, 0.25) is 0 Å². The first-order valence-corrected chi connectivity index (χ1v) is 8.55. The number of hydrogen-bond acceptors (Lipinski definition) is 4. The minimum atomic E-state index is -0.694. The van der Waals surface area contributed by atoms with Crippen LogP contribution in [0.4, 0.5) is 5.69 Å². The van der Waals surface area contributed by atoms with Gasteiger partial charge in [0.05, 0.1) is 0 Å². The summed E-state index contributed by atoms with van der Waals surface area (Å²) in [6.07, 6.45) is 3.16. The maximum atomic E-state index is 12.6. The average molecular weight is 342 g/mol. The highest BCUT2D eigenvalue weighted by Crippen LogP contribution is 2.30. The van der Waals surface area contributed by atoms with Gasteiger partial charge in [0.1, 0.15) is 5.75 Å². The van der Waals surface area contributed by atoms with Crippen LogP contribution in [0.1, 0.15) is 25.7 Å². The van der Waals surface area contributed by atoms with Crippen LogP contribution >= 0.6 is 0 Å². The van der Waals surface area contributed by atoms with E-state index in [0.29, 0.717) is 29.4 Å². The Labute approximate surface area is 146 Å². The predicted molar refractivity (Wildman–Crippen MR) is 95.3 cm³/mol. The molecule has 3 N–H and O–H groups in total. The molecule has 1 fully saturated rings. The molecule has 0 bridgehead atoms. The van der Waals surface area contributed by atoms with Crippen molar-refractivity contribution < 1.29 is 19.8 Å². The molecule has 1 unspecified atom stereocenters. The van der Waals surface area contributed by atoms with Gasteiger partial charge in [-0.3, -0.25) is 9.59 Å². The Morgan fingerprint density at radius 2 is 1.88 bits per heavy atom. The molecular formula is C19H22N2O4. The first-order valence-electron chi connectivity index (χ1n) is 8.55. The van der Waals surface area contributed by atoms with Crippen LogP contribution in [0, 0.1) is 0 Å². The summed E-state index contributed by atoms with van der Waals surface area (Å²) in [5.74, 6) is -1.14. The summed E-state index contributed by atoms with van der Waals surface area (Å²) in [5, 5.41) is 23.1. The Balaban J connectivity index is 1.80. The fourth-order valence-corrected chi connectivity index (χ4v) is 3.43. The van der Waals surface area contributed by atoms with Crippen LogP contribution in [0.25, 0.3) is 10.8 Å². The molecular weight excluding hydrogens is 320 g/mol. The van der Waals surface area contributed by atoms with Crippen molar-refractivity contribution in [3.8, 4) is 5.75 Å². The van der Waals surface area contributed by atoms with Gasteiger partial charge in [-0.25, -0.2) is 0 Å². The summed E-state index contributed by atoms with van der Waals surface area (Å²) in [6, 6.07) is 10.1. The van der Waals surface area contributed by atoms with E-state index in [1.807, 2.05) is 0 Å². The number of nitrogens with one attached hydrogen (secondary N) is 1. The number of carbonyl (C=O) groups is 2. The first kappa shape index (κ1) is 17.2. The van der Waals surface area contributed by atoms with E-state index in [9.17, 15) is 19.8 Å². The number of nitrogens with zero attached hydrogens (tertiary/aromatic N) is 1. The number of anilines is 1. The molecule has 1 aliphatic rings. The highest BCUT2D eigenvalue weighted by atomic mass is 16.3. The second-order valence-corrected chi connectivity index (χ2v) is 6.29. The molecule has 3 rings (SSSR count). The van der Waals surface area contributed by atoms with E-state index in [0.717, 1.165) is 19.3 Å². The van der Waals surface area contributed by atoms with Crippen LogP contribution in [-0.4, -0.2) is 46.1 Å². The topological polar surface area (TPSA) is 89.9 Å². The lowest BCUT2D eigenvalue weighted by atomic mass is 9.99. The van der Waals surface area contributed by atoms with E-state index in [2.05, 4.69) is 5.32 Å². The first-order chi connectivity index (χ1) is 12.1. The number of phenolic OH excluding ortho intramolecular Hbond substituents is 1. The molecule has 2 aromatic carbocycles. The van der Waals surface area contributed by atoms with Crippen molar-refractivity contribution in [3.63, 3.8) is 0 Å². The molecule has 2 amide bonds. The van der Waals surface area contributed by atoms with Crippen LogP contribution in [0.5, 0.6) is 5.75 Å². The second kappa shape index (κ2) is 7.53. The third-order valence-corrected chi connectivity index (χ3v) is 4.69. The average Bonchev–Trinajstić information content (AvgIpc) is 2.63. The van der Waals surface area contributed by atoms with Crippen molar-refractivity contribution >= 4 is 28.3 Å². The SMILES string of the molecule is O=C(Nc1cccc2c(O)cccc12)C(=O)N1CCCCC1CCO. The molecule has 6 heteroatoms. The zero-order valence-corrected chi connectivity index (χ0v) is 13.9. The van der Waals surface area contributed by atoms with Gasteiger partial charge in [-0.2, -0.15) is 0 Å². The van der Waals surface area contributed by atoms with E-state index in [1.165, 1.54) is 0 Å². The smallest absolute Gasteiger partial charge is 0.313 e. The lowest BCUT2D eigenvalue weighted by Crippen LogP contribution is -2.48. The Bertz CT molecular complexity index is 788. The fraction of sp³-hybridized carbons (Fsp3) is 0.368. The van der Waals surface area contributed by atoms with Crippen molar-refractivity contribution in [1.82, 2.24) is 4.90 Å². The van der Waals surface area contributed by atoms with Gasteiger partial charge in [0.15, 0.2) is 0 Å². The van der Waals surface area contributed by atoms with Gasteiger partial charge in [0, 0.05) is 35.7 Å². The van der Waals surface area contributed by atoms with Crippen LogP contribution in [0.15, 0.2) is 36.4 Å². The van der Waals surface area contributed by atoms with Gasteiger partial charge in [0.2, 0.25) is 0 Å². The van der Waals surface area contributed by atoms with Crippen LogP contribution in [-0.2, 0) is 9.59 Å². The zero-order valence-electron chi connectivity index (χ0n) is 13.9. The number of fused-ring (bicyclic) bond motifs is 1. The van der Waals surface area contributed by atoms with Gasteiger partial charge >= 0.3 is 11.8 Å². The Hall–Kier alpha value is -2.60. The number of carbonyl (C=O) groups excluding carboxylic acids is 2. The van der Waals surface area contributed by atoms with Crippen LogP contribution in [0.3, 0.4) is 0 Å². The fourth-order valence-electron chi connectivity index (χ4n) is 3.43. The highest BCUT2D eigenvalue weighted by Gasteiger charge is 2.30. The molecule has 0 aromatic heterocycles. The van der Waals surface area contributed by atoms with E-state index in [-0.39, 0.29) is 18.4 Å². The normalized spacial score (nSPS) is 17.5. The summed E-state index contributed by atoms with van der Waals surface area (Å²) in [4.78, 5) is 26.6. The number of aliphatic hydroxyl groups excluding tert-OH is 1. The summed E-state index contributed by atoms with van der Waals surface area (Å²) in [7, 11) is 0. The number of rotatable bonds is 3. The number of hydrogen-bond donors (Lipinski definition) is 3. The molecule has 1 aliphatic heterocycles. The molecule has 0 saturated carbocycles. The lowest BCUT2D eigenvalue weighted by Gasteiger charge is -2.35. The van der Waals surface area contributed by atoms with Gasteiger partial charge in [-0.15, -0.1) is 0 Å². The number of phenols is 1. The maximum Gasteiger partial charge on any atom is 0.313 e.